The quantitative estimate of drug-likeness (QED) is 0.148. The maximum Gasteiger partial charge on any atom is 0.252 e. The molecule has 5 nitrogen and oxygen atoms in total. The SMILES string of the molecule is c1ccc(N2c3ccccc3B3c4cc5c(cc4-n4c6ccccc6c6c(N(c7ccccc7)c7ccccc7)cc2c3c64)-n2c3ccccc3c3c(N(c4ccccc4)c4ccccc4)cc4c(c32)B5c2ccccc2S4)cc1. The van der Waals surface area contributed by atoms with Crippen molar-refractivity contribution in [3.63, 3.8) is 0 Å². The standard InChI is InChI=1S/C72H45B2N5S/c1-6-24-46(25-7-1)75(47-26-8-2-9-27-47)62-44-64-69-71-67(62)51-34-16-20-38-57(51)78(71)60-43-61-56(42-55(60)73(69)53-36-18-22-40-59(53)77(64)50-32-14-5-15-33-50)74-54-37-19-23-41-65(54)80-66-45-63(68-52-35-17-21-39-58(52)79(61)72(68)70(66)74)76(48-28-10-3-11-29-48)49-30-12-4-13-31-49/h1-45H. The number of nitrogens with zero attached hydrogens (tertiary/aromatic N) is 5. The van der Waals surface area contributed by atoms with E-state index >= 15 is 0 Å². The van der Waals surface area contributed by atoms with Crippen LogP contribution in [-0.4, -0.2) is 22.6 Å². The first-order valence-corrected chi connectivity index (χ1v) is 28.5. The van der Waals surface area contributed by atoms with Crippen LogP contribution in [0.3, 0.4) is 0 Å². The van der Waals surface area contributed by atoms with E-state index in [9.17, 15) is 0 Å². The molecule has 80 heavy (non-hydrogen) atoms. The summed E-state index contributed by atoms with van der Waals surface area (Å²) in [5.41, 5.74) is 25.6. The van der Waals surface area contributed by atoms with Crippen LogP contribution in [0.2, 0.25) is 0 Å². The van der Waals surface area contributed by atoms with E-state index in [1.165, 1.54) is 115 Å². The first kappa shape index (κ1) is 44.1. The van der Waals surface area contributed by atoms with E-state index < -0.39 is 0 Å². The first-order chi connectivity index (χ1) is 39.8. The Morgan fingerprint density at radius 3 is 1.31 bits per heavy atom. The van der Waals surface area contributed by atoms with Crippen LogP contribution in [0.4, 0.5) is 51.2 Å². The minimum atomic E-state index is -0.0834. The third kappa shape index (κ3) is 6.00. The summed E-state index contributed by atoms with van der Waals surface area (Å²) in [6.45, 7) is -0.104. The van der Waals surface area contributed by atoms with E-state index in [0.29, 0.717) is 0 Å². The van der Waals surface area contributed by atoms with Crippen LogP contribution >= 0.6 is 11.8 Å². The van der Waals surface area contributed by atoms with Crippen LogP contribution in [0, 0.1) is 0 Å². The largest absolute Gasteiger partial charge is 0.311 e. The molecule has 0 saturated heterocycles. The lowest BCUT2D eigenvalue weighted by Crippen LogP contribution is -2.63. The van der Waals surface area contributed by atoms with Crippen molar-refractivity contribution in [2.75, 3.05) is 14.7 Å². The van der Waals surface area contributed by atoms with Gasteiger partial charge in [0.1, 0.15) is 0 Å². The summed E-state index contributed by atoms with van der Waals surface area (Å²) in [5.74, 6) is 0. The lowest BCUT2D eigenvalue weighted by Gasteiger charge is -2.42. The highest BCUT2D eigenvalue weighted by molar-refractivity contribution is 8.00. The minimum absolute atomic E-state index is 0.0207. The third-order valence-electron chi connectivity index (χ3n) is 17.4. The van der Waals surface area contributed by atoms with E-state index in [-0.39, 0.29) is 13.4 Å². The van der Waals surface area contributed by atoms with Crippen molar-refractivity contribution < 1.29 is 0 Å². The van der Waals surface area contributed by atoms with Crippen LogP contribution in [-0.2, 0) is 0 Å². The summed E-state index contributed by atoms with van der Waals surface area (Å²) in [4.78, 5) is 10.1. The van der Waals surface area contributed by atoms with Crippen LogP contribution in [0.1, 0.15) is 0 Å². The molecule has 0 fully saturated rings. The summed E-state index contributed by atoms with van der Waals surface area (Å²) >= 11 is 1.92. The predicted octanol–water partition coefficient (Wildman–Crippen LogP) is 14.7. The van der Waals surface area contributed by atoms with Crippen molar-refractivity contribution in [2.24, 2.45) is 0 Å². The van der Waals surface area contributed by atoms with Gasteiger partial charge in [0.15, 0.2) is 0 Å². The molecule has 0 spiro atoms. The fourth-order valence-electron chi connectivity index (χ4n) is 14.4. The molecule has 6 heterocycles. The second-order valence-corrected chi connectivity index (χ2v) is 22.6. The zero-order valence-corrected chi connectivity index (χ0v) is 44.1. The Hall–Kier alpha value is -9.88. The van der Waals surface area contributed by atoms with Gasteiger partial charge in [-0.15, -0.1) is 0 Å². The fourth-order valence-corrected chi connectivity index (χ4v) is 15.6. The van der Waals surface area contributed by atoms with Crippen LogP contribution < -0.4 is 47.5 Å². The molecule has 0 bridgehead atoms. The van der Waals surface area contributed by atoms with Crippen LogP contribution in [0.5, 0.6) is 0 Å². The Balaban J connectivity index is 1.01. The average Bonchev–Trinajstić information content (AvgIpc) is 4.15. The zero-order chi connectivity index (χ0) is 52.2. The highest BCUT2D eigenvalue weighted by Crippen LogP contribution is 2.52. The summed E-state index contributed by atoms with van der Waals surface area (Å²) in [7, 11) is 0. The lowest BCUT2D eigenvalue weighted by atomic mass is 9.31. The lowest BCUT2D eigenvalue weighted by molar-refractivity contribution is 1.14. The third-order valence-corrected chi connectivity index (χ3v) is 18.6. The summed E-state index contributed by atoms with van der Waals surface area (Å²) < 4.78 is 5.31. The topological polar surface area (TPSA) is 19.6 Å². The molecule has 0 saturated carbocycles. The van der Waals surface area contributed by atoms with Gasteiger partial charge in [-0.05, 0) is 130 Å². The highest BCUT2D eigenvalue weighted by atomic mass is 32.2. The Bertz CT molecular complexity index is 4810. The molecular weight excluding hydrogens is 989 g/mol. The van der Waals surface area contributed by atoms with Gasteiger partial charge in [0, 0.05) is 82.5 Å². The van der Waals surface area contributed by atoms with E-state index in [1.807, 2.05) is 11.8 Å². The first-order valence-electron chi connectivity index (χ1n) is 27.7. The summed E-state index contributed by atoms with van der Waals surface area (Å²) in [5, 5.41) is 4.96. The molecule has 0 radical (unpaired) electrons. The number of aromatic nitrogens is 2. The van der Waals surface area contributed by atoms with Crippen LogP contribution in [0.15, 0.2) is 283 Å². The highest BCUT2D eigenvalue weighted by Gasteiger charge is 2.47. The normalized spacial score (nSPS) is 13.1. The predicted molar refractivity (Wildman–Crippen MR) is 339 cm³/mol. The van der Waals surface area contributed by atoms with E-state index in [4.69, 9.17) is 0 Å². The molecule has 0 N–H and O–H groups in total. The van der Waals surface area contributed by atoms with E-state index in [2.05, 4.69) is 297 Å². The maximum absolute atomic E-state index is 2.66. The zero-order valence-electron chi connectivity index (χ0n) is 43.3. The van der Waals surface area contributed by atoms with Crippen molar-refractivity contribution in [1.82, 2.24) is 9.13 Å². The average molecular weight is 1030 g/mol. The number of hydrogen-bond donors (Lipinski definition) is 0. The number of hydrogen-bond acceptors (Lipinski definition) is 4. The van der Waals surface area contributed by atoms with Gasteiger partial charge in [-0.25, -0.2) is 0 Å². The van der Waals surface area contributed by atoms with Gasteiger partial charge < -0.3 is 23.8 Å². The van der Waals surface area contributed by atoms with Crippen molar-refractivity contribution in [1.29, 1.82) is 0 Å². The number of anilines is 9. The van der Waals surface area contributed by atoms with Crippen LogP contribution in [0.25, 0.3) is 55.0 Å². The van der Waals surface area contributed by atoms with Gasteiger partial charge in [-0.2, -0.15) is 0 Å². The molecule has 2 aromatic heterocycles. The molecule has 14 aromatic rings. The van der Waals surface area contributed by atoms with Gasteiger partial charge >= 0.3 is 0 Å². The number of para-hydroxylation sites is 8. The monoisotopic (exact) mass is 1030 g/mol. The fraction of sp³-hybridized carbons (Fsp3) is 0. The number of rotatable bonds is 7. The molecule has 0 amide bonds. The second kappa shape index (κ2) is 16.8. The minimum Gasteiger partial charge on any atom is -0.311 e. The molecular formula is C72H45B2N5S. The van der Waals surface area contributed by atoms with Crippen molar-refractivity contribution in [3.8, 4) is 11.4 Å². The molecule has 4 aliphatic rings. The van der Waals surface area contributed by atoms with E-state index in [1.54, 1.807) is 0 Å². The van der Waals surface area contributed by atoms with Gasteiger partial charge in [-0.1, -0.05) is 187 Å². The molecule has 8 heteroatoms. The smallest absolute Gasteiger partial charge is 0.252 e. The summed E-state index contributed by atoms with van der Waals surface area (Å²) in [6, 6.07) is 102. The van der Waals surface area contributed by atoms with Crippen molar-refractivity contribution in [3.05, 3.63) is 273 Å². The van der Waals surface area contributed by atoms with Gasteiger partial charge in [0.05, 0.1) is 33.4 Å². The Labute approximate surface area is 468 Å². The number of fused-ring (bicyclic) bond motifs is 16. The van der Waals surface area contributed by atoms with Gasteiger partial charge in [-0.3, -0.25) is 0 Å². The second-order valence-electron chi connectivity index (χ2n) is 21.5. The Morgan fingerprint density at radius 1 is 0.312 bits per heavy atom. The Morgan fingerprint density at radius 2 is 0.750 bits per heavy atom. The molecule has 4 aliphatic heterocycles. The maximum atomic E-state index is 2.66. The van der Waals surface area contributed by atoms with E-state index in [0.717, 1.165) is 34.1 Å². The molecule has 12 aromatic carbocycles. The van der Waals surface area contributed by atoms with Crippen molar-refractivity contribution >= 4 is 153 Å². The summed E-state index contributed by atoms with van der Waals surface area (Å²) in [6.07, 6.45) is 0. The number of benzene rings is 12. The Kier molecular flexibility index (Phi) is 9.28. The van der Waals surface area contributed by atoms with Gasteiger partial charge in [0.25, 0.3) is 6.71 Å². The van der Waals surface area contributed by atoms with Gasteiger partial charge in [0.2, 0.25) is 6.71 Å². The molecule has 0 unspecified atom stereocenters. The molecule has 0 aliphatic carbocycles. The van der Waals surface area contributed by atoms with Crippen molar-refractivity contribution in [2.45, 2.75) is 9.79 Å². The molecule has 370 valence electrons. The molecule has 18 rings (SSSR count). The molecule has 0 atom stereocenters.